The van der Waals surface area contributed by atoms with E-state index in [0.29, 0.717) is 24.4 Å². The van der Waals surface area contributed by atoms with Crippen LogP contribution in [0.5, 0.6) is 6.01 Å². The maximum absolute atomic E-state index is 13.1. The molecule has 1 heterocycles. The molecule has 2 aromatic carbocycles. The van der Waals surface area contributed by atoms with E-state index in [-0.39, 0.29) is 23.3 Å². The predicted octanol–water partition coefficient (Wildman–Crippen LogP) is 4.70. The Bertz CT molecular complexity index is 998. The fourth-order valence-corrected chi connectivity index (χ4v) is 2.62. The Morgan fingerprint density at radius 1 is 1.14 bits per heavy atom. The van der Waals surface area contributed by atoms with Gasteiger partial charge < -0.3 is 10.1 Å². The lowest BCUT2D eigenvalue weighted by Gasteiger charge is -2.10. The molecule has 0 aliphatic rings. The van der Waals surface area contributed by atoms with Crippen LogP contribution in [0.4, 0.5) is 18.9 Å². The zero-order valence-electron chi connectivity index (χ0n) is 15.8. The summed E-state index contributed by atoms with van der Waals surface area (Å²) in [5, 5.41) is 6.99. The molecule has 0 aliphatic heterocycles. The maximum atomic E-state index is 13.1. The molecule has 0 unspecified atom stereocenters. The van der Waals surface area contributed by atoms with Gasteiger partial charge in [-0.15, -0.1) is 5.10 Å². The highest BCUT2D eigenvalue weighted by molar-refractivity contribution is 5.90. The average molecular weight is 404 g/mol. The van der Waals surface area contributed by atoms with Crippen molar-refractivity contribution in [3.63, 3.8) is 0 Å². The van der Waals surface area contributed by atoms with Crippen LogP contribution in [-0.4, -0.2) is 27.3 Å². The van der Waals surface area contributed by atoms with Gasteiger partial charge in [-0.1, -0.05) is 19.1 Å². The van der Waals surface area contributed by atoms with Gasteiger partial charge in [-0.3, -0.25) is 4.79 Å². The first-order valence-electron chi connectivity index (χ1n) is 8.99. The monoisotopic (exact) mass is 404 g/mol. The van der Waals surface area contributed by atoms with Gasteiger partial charge in [0.1, 0.15) is 0 Å². The Hall–Kier alpha value is -3.36. The third-order valence-corrected chi connectivity index (χ3v) is 4.03. The second-order valence-electron chi connectivity index (χ2n) is 6.09. The summed E-state index contributed by atoms with van der Waals surface area (Å²) in [7, 11) is 0. The number of nitrogens with zero attached hydrogens (tertiary/aromatic N) is 3. The molecular formula is C20H19F3N4O2. The van der Waals surface area contributed by atoms with E-state index in [1.165, 1.54) is 16.8 Å². The fraction of sp³-hybridized carbons (Fsp3) is 0.250. The van der Waals surface area contributed by atoms with Crippen molar-refractivity contribution in [2.75, 3.05) is 11.9 Å². The van der Waals surface area contributed by atoms with Crippen LogP contribution in [0.3, 0.4) is 0 Å². The molecule has 0 aliphatic carbocycles. The molecule has 0 saturated carbocycles. The number of halogens is 3. The Morgan fingerprint density at radius 2 is 1.86 bits per heavy atom. The van der Waals surface area contributed by atoms with Crippen molar-refractivity contribution in [2.45, 2.75) is 26.4 Å². The van der Waals surface area contributed by atoms with Crippen LogP contribution in [0, 0.1) is 0 Å². The van der Waals surface area contributed by atoms with E-state index in [4.69, 9.17) is 4.74 Å². The van der Waals surface area contributed by atoms with Gasteiger partial charge in [-0.2, -0.15) is 18.2 Å². The van der Waals surface area contributed by atoms with Crippen molar-refractivity contribution in [3.8, 4) is 23.1 Å². The van der Waals surface area contributed by atoms with Crippen molar-refractivity contribution < 1.29 is 22.7 Å². The lowest BCUT2D eigenvalue weighted by Crippen LogP contribution is -2.09. The van der Waals surface area contributed by atoms with Gasteiger partial charge in [0, 0.05) is 17.7 Å². The number of nitrogens with one attached hydrogen (secondary N) is 1. The Morgan fingerprint density at radius 3 is 2.48 bits per heavy atom. The van der Waals surface area contributed by atoms with Gasteiger partial charge in [0.05, 0.1) is 17.9 Å². The normalized spacial score (nSPS) is 11.3. The molecule has 1 N–H and O–H groups in total. The molecule has 3 rings (SSSR count). The number of hydrogen-bond donors (Lipinski definition) is 1. The van der Waals surface area contributed by atoms with E-state index in [1.807, 2.05) is 0 Å². The van der Waals surface area contributed by atoms with Crippen molar-refractivity contribution in [1.82, 2.24) is 14.8 Å². The number of anilines is 1. The minimum Gasteiger partial charge on any atom is -0.463 e. The number of hydrogen-bond acceptors (Lipinski definition) is 4. The number of aromatic nitrogens is 3. The molecule has 0 fully saturated rings. The molecule has 152 valence electrons. The number of carbonyl (C=O) groups is 1. The number of benzene rings is 2. The summed E-state index contributed by atoms with van der Waals surface area (Å²) < 4.78 is 46.1. The lowest BCUT2D eigenvalue weighted by molar-refractivity contribution is -0.137. The lowest BCUT2D eigenvalue weighted by atomic mass is 10.1. The van der Waals surface area contributed by atoms with E-state index in [0.717, 1.165) is 12.1 Å². The van der Waals surface area contributed by atoms with Crippen LogP contribution < -0.4 is 10.1 Å². The smallest absolute Gasteiger partial charge is 0.416 e. The molecule has 0 atom stereocenters. The third kappa shape index (κ3) is 4.74. The first-order chi connectivity index (χ1) is 13.8. The molecule has 1 amide bonds. The SMILES string of the molecule is CCOc1nc(-c2cccc(C(F)(F)F)c2)n(-c2ccc(NC(=O)CC)cc2)n1. The number of rotatable bonds is 6. The summed E-state index contributed by atoms with van der Waals surface area (Å²) in [5.74, 6) is 0.0895. The van der Waals surface area contributed by atoms with Crippen LogP contribution in [0.15, 0.2) is 48.5 Å². The zero-order chi connectivity index (χ0) is 21.0. The molecule has 3 aromatic rings. The van der Waals surface area contributed by atoms with E-state index < -0.39 is 11.7 Å². The summed E-state index contributed by atoms with van der Waals surface area (Å²) in [5.41, 5.74) is 0.638. The highest BCUT2D eigenvalue weighted by Gasteiger charge is 2.31. The number of amides is 1. The second-order valence-corrected chi connectivity index (χ2v) is 6.09. The van der Waals surface area contributed by atoms with Crippen LogP contribution in [-0.2, 0) is 11.0 Å². The van der Waals surface area contributed by atoms with E-state index in [1.54, 1.807) is 38.1 Å². The second kappa shape index (κ2) is 8.34. The predicted molar refractivity (Wildman–Crippen MR) is 102 cm³/mol. The van der Waals surface area contributed by atoms with E-state index in [2.05, 4.69) is 15.4 Å². The van der Waals surface area contributed by atoms with Crippen LogP contribution in [0.2, 0.25) is 0 Å². The highest BCUT2D eigenvalue weighted by Crippen LogP contribution is 2.32. The Labute approximate surface area is 165 Å². The van der Waals surface area contributed by atoms with Crippen molar-refractivity contribution in [2.24, 2.45) is 0 Å². The molecule has 1 aromatic heterocycles. The molecular weight excluding hydrogens is 385 g/mol. The summed E-state index contributed by atoms with van der Waals surface area (Å²) in [6, 6.07) is 11.7. The first-order valence-corrected chi connectivity index (χ1v) is 8.99. The van der Waals surface area contributed by atoms with Gasteiger partial charge in [0.25, 0.3) is 0 Å². The fourth-order valence-electron chi connectivity index (χ4n) is 2.62. The highest BCUT2D eigenvalue weighted by atomic mass is 19.4. The van der Waals surface area contributed by atoms with E-state index >= 15 is 0 Å². The van der Waals surface area contributed by atoms with Crippen LogP contribution in [0.25, 0.3) is 17.1 Å². The molecule has 29 heavy (non-hydrogen) atoms. The molecule has 0 radical (unpaired) electrons. The van der Waals surface area contributed by atoms with Gasteiger partial charge in [0.15, 0.2) is 5.82 Å². The topological polar surface area (TPSA) is 69.0 Å². The first kappa shape index (κ1) is 20.4. The van der Waals surface area contributed by atoms with Crippen molar-refractivity contribution in [3.05, 3.63) is 54.1 Å². The molecule has 9 heteroatoms. The van der Waals surface area contributed by atoms with Crippen LogP contribution >= 0.6 is 0 Å². The summed E-state index contributed by atoms with van der Waals surface area (Å²) in [6.45, 7) is 3.82. The molecule has 0 bridgehead atoms. The summed E-state index contributed by atoms with van der Waals surface area (Å²) in [6.07, 6.45) is -4.12. The van der Waals surface area contributed by atoms with Crippen molar-refractivity contribution >= 4 is 11.6 Å². The van der Waals surface area contributed by atoms with Gasteiger partial charge in [-0.05, 0) is 43.3 Å². The van der Waals surface area contributed by atoms with Gasteiger partial charge >= 0.3 is 12.2 Å². The average Bonchev–Trinajstić information content (AvgIpc) is 3.12. The van der Waals surface area contributed by atoms with Crippen molar-refractivity contribution in [1.29, 1.82) is 0 Å². The number of carbonyl (C=O) groups excluding carboxylic acids is 1. The molecule has 0 saturated heterocycles. The third-order valence-electron chi connectivity index (χ3n) is 4.03. The molecule has 6 nitrogen and oxygen atoms in total. The minimum absolute atomic E-state index is 0.0586. The standard InChI is InChI=1S/C20H19F3N4O2/c1-3-17(28)24-15-8-10-16(11-9-15)27-18(25-19(26-27)29-4-2)13-6-5-7-14(12-13)20(21,22)23/h5-12H,3-4H2,1-2H3,(H,24,28). The van der Waals surface area contributed by atoms with Gasteiger partial charge in [-0.25, -0.2) is 4.68 Å². The zero-order valence-corrected chi connectivity index (χ0v) is 15.8. The maximum Gasteiger partial charge on any atom is 0.416 e. The largest absolute Gasteiger partial charge is 0.463 e. The molecule has 0 spiro atoms. The summed E-state index contributed by atoms with van der Waals surface area (Å²) >= 11 is 0. The Balaban J connectivity index is 2.03. The number of ether oxygens (including phenoxy) is 1. The number of alkyl halides is 3. The quantitative estimate of drug-likeness (QED) is 0.647. The Kier molecular flexibility index (Phi) is 5.86. The minimum atomic E-state index is -4.47. The van der Waals surface area contributed by atoms with Crippen LogP contribution in [0.1, 0.15) is 25.8 Å². The van der Waals surface area contributed by atoms with E-state index in [9.17, 15) is 18.0 Å². The van der Waals surface area contributed by atoms with Gasteiger partial charge in [0.2, 0.25) is 5.91 Å². The summed E-state index contributed by atoms with van der Waals surface area (Å²) in [4.78, 5) is 15.8.